The Hall–Kier alpha value is -3.48. The Kier molecular flexibility index (Phi) is 6.61. The minimum Gasteiger partial charge on any atom is -0.456 e. The maximum atomic E-state index is 13.1. The summed E-state index contributed by atoms with van der Waals surface area (Å²) >= 11 is 0. The summed E-state index contributed by atoms with van der Waals surface area (Å²) in [6, 6.07) is 17.1. The number of nitrogens with zero attached hydrogens (tertiary/aromatic N) is 1. The van der Waals surface area contributed by atoms with E-state index in [9.17, 15) is 19.2 Å². The first-order valence-corrected chi connectivity index (χ1v) is 9.64. The molecule has 1 amide bonds. The van der Waals surface area contributed by atoms with Gasteiger partial charge in [-0.2, -0.15) is 0 Å². The first kappa shape index (κ1) is 21.2. The van der Waals surface area contributed by atoms with Gasteiger partial charge in [-0.25, -0.2) is 0 Å². The molecule has 1 aliphatic rings. The van der Waals surface area contributed by atoms with E-state index in [1.807, 2.05) is 30.3 Å². The molecule has 2 aromatic carbocycles. The fourth-order valence-corrected chi connectivity index (χ4v) is 3.61. The van der Waals surface area contributed by atoms with Gasteiger partial charge in [0.25, 0.3) is 5.91 Å². The summed E-state index contributed by atoms with van der Waals surface area (Å²) in [5.41, 5.74) is 1.33. The number of likely N-dealkylation sites (tertiary alicyclic amines) is 1. The Bertz CT molecular complexity index is 927. The van der Waals surface area contributed by atoms with Crippen LogP contribution < -0.4 is 0 Å². The van der Waals surface area contributed by atoms with Crippen molar-refractivity contribution < 1.29 is 28.7 Å². The number of carbonyl (C=O) groups is 4. The number of benzene rings is 2. The lowest BCUT2D eigenvalue weighted by Gasteiger charge is -2.27. The highest BCUT2D eigenvalue weighted by Gasteiger charge is 2.52. The highest BCUT2D eigenvalue weighted by molar-refractivity contribution is 5.97. The highest BCUT2D eigenvalue weighted by Crippen LogP contribution is 2.30. The second-order valence-electron chi connectivity index (χ2n) is 7.12. The number of esters is 2. The molecule has 1 saturated heterocycles. The van der Waals surface area contributed by atoms with E-state index < -0.39 is 36.1 Å². The summed E-state index contributed by atoms with van der Waals surface area (Å²) in [5, 5.41) is 0. The minimum absolute atomic E-state index is 0.0711. The van der Waals surface area contributed by atoms with E-state index in [4.69, 9.17) is 9.47 Å². The van der Waals surface area contributed by atoms with Crippen LogP contribution in [0.3, 0.4) is 0 Å². The van der Waals surface area contributed by atoms with Crippen LogP contribution in [0.15, 0.2) is 60.7 Å². The zero-order valence-corrected chi connectivity index (χ0v) is 16.8. The molecule has 0 saturated carbocycles. The Morgan fingerprint density at radius 1 is 0.867 bits per heavy atom. The quantitative estimate of drug-likeness (QED) is 0.516. The van der Waals surface area contributed by atoms with Crippen molar-refractivity contribution in [2.45, 2.75) is 45.1 Å². The fraction of sp³-hybridized carbons (Fsp3) is 0.304. The maximum absolute atomic E-state index is 13.1. The van der Waals surface area contributed by atoms with Crippen molar-refractivity contribution in [2.24, 2.45) is 0 Å². The SMILES string of the molecule is CC(=O)O[C@H]1[C@H](OC(C)=O)C(=O)N(Cc2ccccc2)[C@@H]1CC(=O)c1ccccc1. The first-order valence-electron chi connectivity index (χ1n) is 9.64. The molecule has 0 unspecified atom stereocenters. The summed E-state index contributed by atoms with van der Waals surface area (Å²) in [4.78, 5) is 50.8. The Labute approximate surface area is 174 Å². The zero-order valence-electron chi connectivity index (χ0n) is 16.8. The number of ketones is 1. The van der Waals surface area contributed by atoms with Crippen LogP contribution in [0.1, 0.15) is 36.2 Å². The third-order valence-corrected chi connectivity index (χ3v) is 4.89. The van der Waals surface area contributed by atoms with Gasteiger partial charge in [0.2, 0.25) is 6.10 Å². The van der Waals surface area contributed by atoms with Crippen LogP contribution >= 0.6 is 0 Å². The second-order valence-corrected chi connectivity index (χ2v) is 7.12. The van der Waals surface area contributed by atoms with E-state index in [2.05, 4.69) is 0 Å². The first-order chi connectivity index (χ1) is 14.4. The van der Waals surface area contributed by atoms with Gasteiger partial charge in [-0.1, -0.05) is 60.7 Å². The van der Waals surface area contributed by atoms with Gasteiger partial charge < -0.3 is 14.4 Å². The molecule has 0 aromatic heterocycles. The minimum atomic E-state index is -1.29. The van der Waals surface area contributed by atoms with Crippen molar-refractivity contribution in [1.82, 2.24) is 4.90 Å². The summed E-state index contributed by atoms with van der Waals surface area (Å²) < 4.78 is 10.6. The molecule has 3 rings (SSSR count). The largest absolute Gasteiger partial charge is 0.456 e. The van der Waals surface area contributed by atoms with Crippen molar-refractivity contribution in [1.29, 1.82) is 0 Å². The number of hydrogen-bond acceptors (Lipinski definition) is 6. The molecule has 7 heteroatoms. The van der Waals surface area contributed by atoms with Crippen molar-refractivity contribution in [3.05, 3.63) is 71.8 Å². The van der Waals surface area contributed by atoms with Gasteiger partial charge in [0, 0.05) is 32.4 Å². The topological polar surface area (TPSA) is 90.0 Å². The highest BCUT2D eigenvalue weighted by atomic mass is 16.6. The van der Waals surface area contributed by atoms with Gasteiger partial charge in [-0.05, 0) is 5.56 Å². The molecule has 1 fully saturated rings. The van der Waals surface area contributed by atoms with Crippen LogP contribution in [0.5, 0.6) is 0 Å². The standard InChI is InChI=1S/C23H23NO6/c1-15(25)29-21-19(13-20(27)18-11-7-4-8-12-18)24(14-17-9-5-3-6-10-17)23(28)22(21)30-16(2)26/h3-12,19,21-22H,13-14H2,1-2H3/t19-,21-,22+/m1/s1. The van der Waals surface area contributed by atoms with E-state index in [0.717, 1.165) is 5.56 Å². The molecule has 30 heavy (non-hydrogen) atoms. The van der Waals surface area contributed by atoms with Gasteiger partial charge in [-0.15, -0.1) is 0 Å². The lowest BCUT2D eigenvalue weighted by molar-refractivity contribution is -0.166. The maximum Gasteiger partial charge on any atom is 0.303 e. The zero-order chi connectivity index (χ0) is 21.7. The molecule has 156 valence electrons. The van der Waals surface area contributed by atoms with Gasteiger partial charge in [0.15, 0.2) is 11.9 Å². The predicted octanol–water partition coefficient (Wildman–Crippen LogP) is 2.53. The molecule has 0 radical (unpaired) electrons. The molecule has 1 aliphatic heterocycles. The van der Waals surface area contributed by atoms with Gasteiger partial charge >= 0.3 is 11.9 Å². The Morgan fingerprint density at radius 3 is 2.00 bits per heavy atom. The molecular weight excluding hydrogens is 386 g/mol. The van der Waals surface area contributed by atoms with E-state index in [0.29, 0.717) is 5.56 Å². The average Bonchev–Trinajstić information content (AvgIpc) is 2.94. The molecule has 0 N–H and O–H groups in total. The summed E-state index contributed by atoms with van der Waals surface area (Å²) in [5.74, 6) is -1.98. The lowest BCUT2D eigenvalue weighted by Crippen LogP contribution is -2.41. The molecular formula is C23H23NO6. The lowest BCUT2D eigenvalue weighted by atomic mass is 9.99. The smallest absolute Gasteiger partial charge is 0.303 e. The number of hydrogen-bond donors (Lipinski definition) is 0. The van der Waals surface area contributed by atoms with Crippen molar-refractivity contribution in [2.75, 3.05) is 0 Å². The molecule has 1 heterocycles. The van der Waals surface area contributed by atoms with E-state index in [1.54, 1.807) is 30.3 Å². The van der Waals surface area contributed by atoms with Crippen LogP contribution in [0.25, 0.3) is 0 Å². The Morgan fingerprint density at radius 2 is 1.43 bits per heavy atom. The Balaban J connectivity index is 1.95. The molecule has 7 nitrogen and oxygen atoms in total. The van der Waals surface area contributed by atoms with Crippen molar-refractivity contribution in [3.63, 3.8) is 0 Å². The molecule has 0 bridgehead atoms. The number of amides is 1. The summed E-state index contributed by atoms with van der Waals surface area (Å²) in [6.07, 6.45) is -2.43. The second kappa shape index (κ2) is 9.35. The van der Waals surface area contributed by atoms with E-state index >= 15 is 0 Å². The van der Waals surface area contributed by atoms with E-state index in [-0.39, 0.29) is 18.7 Å². The third kappa shape index (κ3) is 4.92. The van der Waals surface area contributed by atoms with Crippen LogP contribution in [-0.4, -0.2) is 46.8 Å². The summed E-state index contributed by atoms with van der Waals surface area (Å²) in [6.45, 7) is 2.59. The molecule has 3 atom stereocenters. The van der Waals surface area contributed by atoms with Crippen molar-refractivity contribution in [3.8, 4) is 0 Å². The van der Waals surface area contributed by atoms with Crippen LogP contribution in [0.4, 0.5) is 0 Å². The van der Waals surface area contributed by atoms with Gasteiger partial charge in [-0.3, -0.25) is 19.2 Å². The molecule has 0 spiro atoms. The van der Waals surface area contributed by atoms with E-state index in [1.165, 1.54) is 18.7 Å². The van der Waals surface area contributed by atoms with Crippen LogP contribution in [0.2, 0.25) is 0 Å². The molecule has 0 aliphatic carbocycles. The van der Waals surface area contributed by atoms with Gasteiger partial charge in [0.1, 0.15) is 0 Å². The number of Topliss-reactive ketones (excluding diaryl/α,β-unsaturated/α-hetero) is 1. The summed E-state index contributed by atoms with van der Waals surface area (Å²) in [7, 11) is 0. The van der Waals surface area contributed by atoms with Crippen molar-refractivity contribution >= 4 is 23.6 Å². The third-order valence-electron chi connectivity index (χ3n) is 4.89. The molecule has 2 aromatic rings. The number of carbonyl (C=O) groups excluding carboxylic acids is 4. The fourth-order valence-electron chi connectivity index (χ4n) is 3.61. The van der Waals surface area contributed by atoms with Crippen LogP contribution in [0, 0.1) is 0 Å². The normalized spacial score (nSPS) is 20.7. The van der Waals surface area contributed by atoms with Crippen LogP contribution in [-0.2, 0) is 30.4 Å². The van der Waals surface area contributed by atoms with Gasteiger partial charge in [0.05, 0.1) is 6.04 Å². The number of ether oxygens (including phenoxy) is 2. The average molecular weight is 409 g/mol. The predicted molar refractivity (Wildman–Crippen MR) is 107 cm³/mol. The number of rotatable bonds is 7. The monoisotopic (exact) mass is 409 g/mol.